The maximum absolute atomic E-state index is 12.5. The standard InChI is InChI=1S/C13H20N4O2/c1-9-7-10(8-12(15-9)16-14)13(18)17(5-6-19-2)11-3-4-11/h7-8,11H,3-6,14H2,1-2H3,(H,15,16). The summed E-state index contributed by atoms with van der Waals surface area (Å²) < 4.78 is 5.07. The van der Waals surface area contributed by atoms with Crippen LogP contribution in [-0.2, 0) is 4.74 Å². The van der Waals surface area contributed by atoms with E-state index in [2.05, 4.69) is 10.4 Å². The topological polar surface area (TPSA) is 80.5 Å². The van der Waals surface area contributed by atoms with Gasteiger partial charge in [-0.05, 0) is 31.9 Å². The zero-order valence-corrected chi connectivity index (χ0v) is 11.3. The van der Waals surface area contributed by atoms with Crippen LogP contribution in [-0.4, -0.2) is 42.1 Å². The molecule has 0 saturated heterocycles. The number of carbonyl (C=O) groups excluding carboxylic acids is 1. The Bertz CT molecular complexity index is 460. The molecule has 1 aliphatic rings. The van der Waals surface area contributed by atoms with E-state index in [9.17, 15) is 4.79 Å². The molecule has 0 unspecified atom stereocenters. The van der Waals surface area contributed by atoms with Gasteiger partial charge in [-0.15, -0.1) is 0 Å². The smallest absolute Gasteiger partial charge is 0.254 e. The Balaban J connectivity index is 2.18. The third kappa shape index (κ3) is 3.42. The van der Waals surface area contributed by atoms with Crippen LogP contribution in [0.1, 0.15) is 28.9 Å². The SMILES string of the molecule is COCCN(C(=O)c1cc(C)nc(NN)c1)C1CC1. The first-order chi connectivity index (χ1) is 9.15. The average Bonchev–Trinajstić information content (AvgIpc) is 3.22. The van der Waals surface area contributed by atoms with E-state index in [1.807, 2.05) is 11.8 Å². The number of amides is 1. The number of nitrogen functional groups attached to an aromatic ring is 1. The lowest BCUT2D eigenvalue weighted by molar-refractivity contribution is 0.0680. The van der Waals surface area contributed by atoms with Crippen LogP contribution in [0.2, 0.25) is 0 Å². The predicted octanol–water partition coefficient (Wildman–Crippen LogP) is 0.927. The number of carbonyl (C=O) groups is 1. The van der Waals surface area contributed by atoms with Crippen LogP contribution < -0.4 is 11.3 Å². The van der Waals surface area contributed by atoms with Crippen molar-refractivity contribution in [2.75, 3.05) is 25.7 Å². The van der Waals surface area contributed by atoms with Crippen LogP contribution >= 0.6 is 0 Å². The van der Waals surface area contributed by atoms with E-state index in [-0.39, 0.29) is 5.91 Å². The van der Waals surface area contributed by atoms with Gasteiger partial charge in [0.15, 0.2) is 0 Å². The molecule has 0 aromatic carbocycles. The molecule has 104 valence electrons. The first-order valence-electron chi connectivity index (χ1n) is 6.41. The van der Waals surface area contributed by atoms with Gasteiger partial charge in [-0.1, -0.05) is 0 Å². The summed E-state index contributed by atoms with van der Waals surface area (Å²) in [5, 5.41) is 0. The molecule has 0 bridgehead atoms. The van der Waals surface area contributed by atoms with E-state index in [0.717, 1.165) is 18.5 Å². The Morgan fingerprint density at radius 2 is 2.32 bits per heavy atom. The molecule has 1 heterocycles. The largest absolute Gasteiger partial charge is 0.383 e. The molecule has 3 N–H and O–H groups in total. The highest BCUT2D eigenvalue weighted by Gasteiger charge is 2.32. The number of nitrogens with two attached hydrogens (primary N) is 1. The number of anilines is 1. The van der Waals surface area contributed by atoms with Crippen molar-refractivity contribution in [2.24, 2.45) is 5.84 Å². The molecule has 0 aliphatic heterocycles. The van der Waals surface area contributed by atoms with Crippen molar-refractivity contribution in [1.82, 2.24) is 9.88 Å². The molecule has 2 rings (SSSR count). The number of methoxy groups -OCH3 is 1. The molecule has 0 spiro atoms. The number of nitrogens with zero attached hydrogens (tertiary/aromatic N) is 2. The third-order valence-corrected chi connectivity index (χ3v) is 3.13. The highest BCUT2D eigenvalue weighted by Crippen LogP contribution is 2.28. The van der Waals surface area contributed by atoms with Crippen molar-refractivity contribution in [3.63, 3.8) is 0 Å². The van der Waals surface area contributed by atoms with Crippen LogP contribution in [0.5, 0.6) is 0 Å². The van der Waals surface area contributed by atoms with Crippen LogP contribution in [0.3, 0.4) is 0 Å². The van der Waals surface area contributed by atoms with Crippen molar-refractivity contribution >= 4 is 11.7 Å². The zero-order chi connectivity index (χ0) is 13.8. The van der Waals surface area contributed by atoms with Gasteiger partial charge < -0.3 is 15.1 Å². The summed E-state index contributed by atoms with van der Waals surface area (Å²) in [4.78, 5) is 18.6. The number of ether oxygens (including phenoxy) is 1. The van der Waals surface area contributed by atoms with Crippen molar-refractivity contribution in [3.05, 3.63) is 23.4 Å². The Morgan fingerprint density at radius 1 is 1.58 bits per heavy atom. The second-order valence-corrected chi connectivity index (χ2v) is 4.75. The van der Waals surface area contributed by atoms with E-state index >= 15 is 0 Å². The van der Waals surface area contributed by atoms with Crippen molar-refractivity contribution in [1.29, 1.82) is 0 Å². The molecular weight excluding hydrogens is 244 g/mol. The van der Waals surface area contributed by atoms with Crippen LogP contribution in [0.15, 0.2) is 12.1 Å². The van der Waals surface area contributed by atoms with Gasteiger partial charge in [-0.3, -0.25) is 4.79 Å². The summed E-state index contributed by atoms with van der Waals surface area (Å²) in [5.41, 5.74) is 3.86. The van der Waals surface area contributed by atoms with Gasteiger partial charge in [0.05, 0.1) is 6.61 Å². The number of aromatic nitrogens is 1. The van der Waals surface area contributed by atoms with Gasteiger partial charge in [0, 0.05) is 31.0 Å². The molecule has 0 radical (unpaired) electrons. The fraction of sp³-hybridized carbons (Fsp3) is 0.538. The quantitative estimate of drug-likeness (QED) is 0.590. The molecule has 1 amide bonds. The van der Waals surface area contributed by atoms with Crippen molar-refractivity contribution in [2.45, 2.75) is 25.8 Å². The lowest BCUT2D eigenvalue weighted by atomic mass is 10.2. The van der Waals surface area contributed by atoms with Gasteiger partial charge in [-0.25, -0.2) is 10.8 Å². The Kier molecular flexibility index (Phi) is 4.34. The van der Waals surface area contributed by atoms with Gasteiger partial charge >= 0.3 is 0 Å². The average molecular weight is 264 g/mol. The zero-order valence-electron chi connectivity index (χ0n) is 11.3. The highest BCUT2D eigenvalue weighted by molar-refractivity contribution is 5.95. The molecule has 1 aromatic heterocycles. The minimum Gasteiger partial charge on any atom is -0.383 e. The summed E-state index contributed by atoms with van der Waals surface area (Å²) in [7, 11) is 1.64. The van der Waals surface area contributed by atoms with E-state index in [1.54, 1.807) is 19.2 Å². The normalized spacial score (nSPS) is 14.3. The van der Waals surface area contributed by atoms with E-state index < -0.39 is 0 Å². The fourth-order valence-electron chi connectivity index (χ4n) is 2.06. The number of pyridine rings is 1. The predicted molar refractivity (Wildman–Crippen MR) is 72.7 cm³/mol. The second kappa shape index (κ2) is 5.99. The fourth-order valence-corrected chi connectivity index (χ4v) is 2.06. The first kappa shape index (κ1) is 13.8. The summed E-state index contributed by atoms with van der Waals surface area (Å²) in [6, 6.07) is 3.81. The van der Waals surface area contributed by atoms with Crippen LogP contribution in [0, 0.1) is 6.92 Å². The molecule has 19 heavy (non-hydrogen) atoms. The van der Waals surface area contributed by atoms with Crippen molar-refractivity contribution in [3.8, 4) is 0 Å². The van der Waals surface area contributed by atoms with Gasteiger partial charge in [0.25, 0.3) is 5.91 Å². The molecule has 6 nitrogen and oxygen atoms in total. The lowest BCUT2D eigenvalue weighted by Gasteiger charge is -2.22. The Labute approximate surface area is 112 Å². The van der Waals surface area contributed by atoms with Crippen LogP contribution in [0.25, 0.3) is 0 Å². The van der Waals surface area contributed by atoms with E-state index in [1.165, 1.54) is 0 Å². The Hall–Kier alpha value is -1.66. The maximum atomic E-state index is 12.5. The summed E-state index contributed by atoms with van der Waals surface area (Å²) in [6.45, 7) is 3.01. The van der Waals surface area contributed by atoms with E-state index in [0.29, 0.717) is 30.6 Å². The molecule has 1 fully saturated rings. The molecule has 0 atom stereocenters. The monoisotopic (exact) mass is 264 g/mol. The molecule has 1 aromatic rings. The minimum atomic E-state index is 0.0153. The number of hydrogen-bond acceptors (Lipinski definition) is 5. The summed E-state index contributed by atoms with van der Waals surface area (Å²) >= 11 is 0. The number of hydrazine groups is 1. The molecule has 1 aliphatic carbocycles. The van der Waals surface area contributed by atoms with Gasteiger partial charge in [-0.2, -0.15) is 0 Å². The van der Waals surface area contributed by atoms with Crippen molar-refractivity contribution < 1.29 is 9.53 Å². The van der Waals surface area contributed by atoms with Crippen LogP contribution in [0.4, 0.5) is 5.82 Å². The molecule has 6 heteroatoms. The summed E-state index contributed by atoms with van der Waals surface area (Å²) in [5.74, 6) is 5.88. The first-order valence-corrected chi connectivity index (χ1v) is 6.41. The second-order valence-electron chi connectivity index (χ2n) is 4.75. The summed E-state index contributed by atoms with van der Waals surface area (Å²) in [6.07, 6.45) is 2.14. The van der Waals surface area contributed by atoms with Gasteiger partial charge in [0.2, 0.25) is 0 Å². The Morgan fingerprint density at radius 3 is 2.89 bits per heavy atom. The highest BCUT2D eigenvalue weighted by atomic mass is 16.5. The number of aryl methyl sites for hydroxylation is 1. The number of hydrogen-bond donors (Lipinski definition) is 2. The number of nitrogens with one attached hydrogen (secondary N) is 1. The third-order valence-electron chi connectivity index (χ3n) is 3.13. The van der Waals surface area contributed by atoms with Gasteiger partial charge in [0.1, 0.15) is 5.82 Å². The minimum absolute atomic E-state index is 0.0153. The maximum Gasteiger partial charge on any atom is 0.254 e. The molecule has 1 saturated carbocycles. The number of rotatable bonds is 6. The van der Waals surface area contributed by atoms with E-state index in [4.69, 9.17) is 10.6 Å². The lowest BCUT2D eigenvalue weighted by Crippen LogP contribution is -2.36. The molecular formula is C13H20N4O2.